The van der Waals surface area contributed by atoms with Crippen LogP contribution in [-0.2, 0) is 14.8 Å². The topological polar surface area (TPSA) is 69.7 Å². The van der Waals surface area contributed by atoms with Crippen molar-refractivity contribution in [1.82, 2.24) is 4.31 Å². The highest BCUT2D eigenvalue weighted by Crippen LogP contribution is 2.35. The molecule has 0 aliphatic carbocycles. The summed E-state index contributed by atoms with van der Waals surface area (Å²) >= 11 is 1.55. The molecule has 0 aromatic heterocycles. The van der Waals surface area contributed by atoms with Gasteiger partial charge < -0.3 is 10.2 Å². The molecule has 1 unspecified atom stereocenters. The zero-order chi connectivity index (χ0) is 20.6. The van der Waals surface area contributed by atoms with E-state index in [9.17, 15) is 17.6 Å². The molecule has 1 fully saturated rings. The number of carbonyl (C=O) groups is 1. The van der Waals surface area contributed by atoms with Gasteiger partial charge >= 0.3 is 0 Å². The SMILES string of the molecule is CC1CSc2ccc(S(=O)(=O)N3CCN(c4ccc(F)cc4)CC3)cc2NC1=O. The molecule has 9 heteroatoms. The third kappa shape index (κ3) is 4.12. The van der Waals surface area contributed by atoms with Gasteiger partial charge in [-0.25, -0.2) is 12.8 Å². The first-order valence-corrected chi connectivity index (χ1v) is 11.9. The van der Waals surface area contributed by atoms with Crippen LogP contribution in [0.25, 0.3) is 0 Å². The highest BCUT2D eigenvalue weighted by molar-refractivity contribution is 7.99. The fraction of sp³-hybridized carbons (Fsp3) is 0.350. The number of amides is 1. The maximum Gasteiger partial charge on any atom is 0.243 e. The summed E-state index contributed by atoms with van der Waals surface area (Å²) < 4.78 is 40.8. The highest BCUT2D eigenvalue weighted by atomic mass is 32.2. The standard InChI is InChI=1S/C20H22FN3O3S2/c1-14-13-28-19-7-6-17(12-18(19)22-20(14)25)29(26,27)24-10-8-23(9-11-24)16-4-2-15(21)3-5-16/h2-7,12,14H,8-11,13H2,1H3,(H,22,25). The van der Waals surface area contributed by atoms with Crippen LogP contribution in [0.2, 0.25) is 0 Å². The molecule has 4 rings (SSSR count). The van der Waals surface area contributed by atoms with Gasteiger partial charge in [0, 0.05) is 48.4 Å². The van der Waals surface area contributed by atoms with Crippen LogP contribution in [0.4, 0.5) is 15.8 Å². The van der Waals surface area contributed by atoms with E-state index in [1.165, 1.54) is 16.4 Å². The Morgan fingerprint density at radius 2 is 1.76 bits per heavy atom. The van der Waals surface area contributed by atoms with E-state index in [-0.39, 0.29) is 22.5 Å². The molecule has 6 nitrogen and oxygen atoms in total. The van der Waals surface area contributed by atoms with E-state index in [1.807, 2.05) is 11.8 Å². The Morgan fingerprint density at radius 1 is 1.07 bits per heavy atom. The number of rotatable bonds is 3. The molecule has 0 radical (unpaired) electrons. The number of benzene rings is 2. The first kappa shape index (κ1) is 20.2. The number of nitrogens with zero attached hydrogens (tertiary/aromatic N) is 2. The van der Waals surface area contributed by atoms with Crippen molar-refractivity contribution >= 4 is 39.1 Å². The van der Waals surface area contributed by atoms with Gasteiger partial charge in [-0.05, 0) is 42.5 Å². The molecule has 154 valence electrons. The number of fused-ring (bicyclic) bond motifs is 1. The third-order valence-corrected chi connectivity index (χ3v) is 8.44. The Bertz CT molecular complexity index is 1020. The lowest BCUT2D eigenvalue weighted by Gasteiger charge is -2.35. The number of thioether (sulfide) groups is 1. The van der Waals surface area contributed by atoms with E-state index in [2.05, 4.69) is 5.32 Å². The second-order valence-corrected chi connectivity index (χ2v) is 10.2. The van der Waals surface area contributed by atoms with Crippen molar-refractivity contribution in [3.63, 3.8) is 0 Å². The monoisotopic (exact) mass is 435 g/mol. The number of hydrogen-bond acceptors (Lipinski definition) is 5. The molecule has 1 amide bonds. The smallest absolute Gasteiger partial charge is 0.243 e. The second-order valence-electron chi connectivity index (χ2n) is 7.23. The Morgan fingerprint density at radius 3 is 2.45 bits per heavy atom. The van der Waals surface area contributed by atoms with Gasteiger partial charge in [0.1, 0.15) is 5.82 Å². The van der Waals surface area contributed by atoms with E-state index in [4.69, 9.17) is 0 Å². The average Bonchev–Trinajstić information content (AvgIpc) is 2.86. The molecule has 1 saturated heterocycles. The number of carbonyl (C=O) groups excluding carboxylic acids is 1. The van der Waals surface area contributed by atoms with Gasteiger partial charge in [-0.2, -0.15) is 4.31 Å². The highest BCUT2D eigenvalue weighted by Gasteiger charge is 2.30. The van der Waals surface area contributed by atoms with Crippen molar-refractivity contribution in [2.75, 3.05) is 42.1 Å². The predicted octanol–water partition coefficient (Wildman–Crippen LogP) is 3.02. The van der Waals surface area contributed by atoms with Crippen LogP contribution in [0.1, 0.15) is 6.92 Å². The molecule has 2 aliphatic rings. The first-order valence-electron chi connectivity index (χ1n) is 9.43. The van der Waals surface area contributed by atoms with Gasteiger partial charge in [0.15, 0.2) is 0 Å². The Labute approximate surface area is 174 Å². The quantitative estimate of drug-likeness (QED) is 0.803. The van der Waals surface area contributed by atoms with Crippen LogP contribution in [-0.4, -0.2) is 50.6 Å². The Kier molecular flexibility index (Phi) is 5.54. The number of halogens is 1. The van der Waals surface area contributed by atoms with Gasteiger partial charge in [0.25, 0.3) is 0 Å². The molecular weight excluding hydrogens is 413 g/mol. The summed E-state index contributed by atoms with van der Waals surface area (Å²) in [5, 5.41) is 2.84. The van der Waals surface area contributed by atoms with Gasteiger partial charge in [-0.1, -0.05) is 6.92 Å². The maximum atomic E-state index is 13.1. The molecule has 0 bridgehead atoms. The third-order valence-electron chi connectivity index (χ3n) is 5.21. The van der Waals surface area contributed by atoms with Crippen molar-refractivity contribution in [2.45, 2.75) is 16.7 Å². The van der Waals surface area contributed by atoms with Gasteiger partial charge in [-0.3, -0.25) is 4.79 Å². The van der Waals surface area contributed by atoms with Crippen molar-refractivity contribution in [2.24, 2.45) is 5.92 Å². The predicted molar refractivity (Wildman–Crippen MR) is 112 cm³/mol. The number of hydrogen-bond donors (Lipinski definition) is 1. The van der Waals surface area contributed by atoms with Gasteiger partial charge in [-0.15, -0.1) is 11.8 Å². The molecule has 2 aromatic carbocycles. The largest absolute Gasteiger partial charge is 0.369 e. The molecule has 0 saturated carbocycles. The van der Waals surface area contributed by atoms with Crippen molar-refractivity contribution in [1.29, 1.82) is 0 Å². The van der Waals surface area contributed by atoms with E-state index >= 15 is 0 Å². The van der Waals surface area contributed by atoms with Crippen LogP contribution in [0, 0.1) is 11.7 Å². The van der Waals surface area contributed by atoms with Gasteiger partial charge in [0.05, 0.1) is 10.6 Å². The normalized spacial score (nSPS) is 20.7. The van der Waals surface area contributed by atoms with Crippen LogP contribution >= 0.6 is 11.8 Å². The van der Waals surface area contributed by atoms with Crippen LogP contribution in [0.5, 0.6) is 0 Å². The maximum absolute atomic E-state index is 13.1. The summed E-state index contributed by atoms with van der Waals surface area (Å²) in [7, 11) is -3.66. The van der Waals surface area contributed by atoms with Crippen molar-refractivity contribution < 1.29 is 17.6 Å². The minimum atomic E-state index is -3.66. The molecule has 2 heterocycles. The zero-order valence-corrected chi connectivity index (χ0v) is 17.6. The molecular formula is C20H22FN3O3S2. The minimum absolute atomic E-state index is 0.0984. The molecule has 2 aliphatic heterocycles. The summed E-state index contributed by atoms with van der Waals surface area (Å²) in [4.78, 5) is 15.2. The number of nitrogens with one attached hydrogen (secondary N) is 1. The molecule has 1 N–H and O–H groups in total. The fourth-order valence-corrected chi connectivity index (χ4v) is 5.89. The second kappa shape index (κ2) is 7.97. The zero-order valence-electron chi connectivity index (χ0n) is 16.0. The minimum Gasteiger partial charge on any atom is -0.369 e. The summed E-state index contributed by atoms with van der Waals surface area (Å²) in [5.41, 5.74) is 1.43. The molecule has 0 spiro atoms. The lowest BCUT2D eigenvalue weighted by Crippen LogP contribution is -2.48. The number of anilines is 2. The van der Waals surface area contributed by atoms with E-state index in [1.54, 1.807) is 42.1 Å². The summed E-state index contributed by atoms with van der Waals surface area (Å²) in [5.74, 6) is 0.138. The lowest BCUT2D eigenvalue weighted by molar-refractivity contribution is -0.118. The van der Waals surface area contributed by atoms with Gasteiger partial charge in [0.2, 0.25) is 15.9 Å². The van der Waals surface area contributed by atoms with E-state index < -0.39 is 10.0 Å². The molecule has 1 atom stereocenters. The first-order chi connectivity index (χ1) is 13.8. The lowest BCUT2D eigenvalue weighted by atomic mass is 10.2. The fourth-order valence-electron chi connectivity index (χ4n) is 3.43. The van der Waals surface area contributed by atoms with Crippen LogP contribution < -0.4 is 10.2 Å². The van der Waals surface area contributed by atoms with E-state index in [0.717, 1.165) is 10.6 Å². The van der Waals surface area contributed by atoms with Crippen LogP contribution in [0.3, 0.4) is 0 Å². The average molecular weight is 436 g/mol. The summed E-state index contributed by atoms with van der Waals surface area (Å²) in [6.45, 7) is 3.59. The number of piperazine rings is 1. The van der Waals surface area contributed by atoms with Crippen molar-refractivity contribution in [3.05, 3.63) is 48.3 Å². The van der Waals surface area contributed by atoms with Crippen LogP contribution in [0.15, 0.2) is 52.3 Å². The molecule has 2 aromatic rings. The Hall–Kier alpha value is -2.10. The Balaban J connectivity index is 1.50. The van der Waals surface area contributed by atoms with Crippen molar-refractivity contribution in [3.8, 4) is 0 Å². The molecule has 29 heavy (non-hydrogen) atoms. The summed E-state index contributed by atoms with van der Waals surface area (Å²) in [6, 6.07) is 11.1. The van der Waals surface area contributed by atoms with E-state index in [0.29, 0.717) is 37.6 Å². The number of sulfonamides is 1. The summed E-state index contributed by atoms with van der Waals surface area (Å²) in [6.07, 6.45) is 0.